The summed E-state index contributed by atoms with van der Waals surface area (Å²) in [6.07, 6.45) is -2.47. The molecule has 1 heterocycles. The molecule has 0 radical (unpaired) electrons. The Kier molecular flexibility index (Phi) is 8.69. The highest BCUT2D eigenvalue weighted by Gasteiger charge is 2.40. The number of hydrogen-bond acceptors (Lipinski definition) is 7. The summed E-state index contributed by atoms with van der Waals surface area (Å²) in [6.45, 7) is 4.53. The van der Waals surface area contributed by atoms with Gasteiger partial charge in [0.2, 0.25) is 11.2 Å². The van der Waals surface area contributed by atoms with Crippen LogP contribution in [0.5, 0.6) is 28.7 Å². The van der Waals surface area contributed by atoms with Gasteiger partial charge in [-0.1, -0.05) is 29.8 Å². The average Bonchev–Trinajstić information content (AvgIpc) is 2.91. The van der Waals surface area contributed by atoms with Crippen molar-refractivity contribution in [3.63, 3.8) is 0 Å². The molecule has 4 rings (SSSR count). The van der Waals surface area contributed by atoms with Crippen molar-refractivity contribution in [2.45, 2.75) is 20.0 Å². The van der Waals surface area contributed by atoms with Crippen LogP contribution < -0.4 is 24.4 Å². The van der Waals surface area contributed by atoms with Crippen LogP contribution in [0.1, 0.15) is 25.2 Å². The van der Waals surface area contributed by atoms with Crippen molar-refractivity contribution in [2.75, 3.05) is 13.2 Å². The Labute approximate surface area is 231 Å². The lowest BCUT2D eigenvalue weighted by atomic mass is 10.2. The molecule has 0 bridgehead atoms. The van der Waals surface area contributed by atoms with Crippen molar-refractivity contribution >= 4 is 34.6 Å². The Hall–Kier alpha value is -4.44. The summed E-state index contributed by atoms with van der Waals surface area (Å²) in [4.78, 5) is 25.4. The SMILES string of the molecule is CCOc1ccc(/C=C/C(=O)Oc2ccc3c(=O)c(Oc4ccccc4Cl)c(C(F)(F)F)oc3c2)cc1OCC. The lowest BCUT2D eigenvalue weighted by Gasteiger charge is -2.14. The Morgan fingerprint density at radius 2 is 1.68 bits per heavy atom. The molecule has 0 spiro atoms. The molecule has 11 heteroatoms. The van der Waals surface area contributed by atoms with Crippen molar-refractivity contribution in [3.05, 3.63) is 93.3 Å². The number of rotatable bonds is 9. The second-order valence-electron chi connectivity index (χ2n) is 8.10. The van der Waals surface area contributed by atoms with Crippen LogP contribution in [0.15, 0.2) is 76.0 Å². The Morgan fingerprint density at radius 3 is 2.38 bits per heavy atom. The minimum atomic E-state index is -5.07. The highest BCUT2D eigenvalue weighted by atomic mass is 35.5. The smallest absolute Gasteiger partial charge is 0.453 e. The maximum absolute atomic E-state index is 13.8. The van der Waals surface area contributed by atoms with Gasteiger partial charge < -0.3 is 23.4 Å². The monoisotopic (exact) mass is 574 g/mol. The Morgan fingerprint density at radius 1 is 0.950 bits per heavy atom. The summed E-state index contributed by atoms with van der Waals surface area (Å²) >= 11 is 5.98. The van der Waals surface area contributed by atoms with E-state index in [1.54, 1.807) is 24.3 Å². The van der Waals surface area contributed by atoms with Crippen LogP contribution in [-0.4, -0.2) is 19.2 Å². The third-order valence-corrected chi connectivity index (χ3v) is 5.64. The van der Waals surface area contributed by atoms with Crippen molar-refractivity contribution in [1.82, 2.24) is 0 Å². The molecule has 0 aliphatic carbocycles. The van der Waals surface area contributed by atoms with Gasteiger partial charge in [-0.2, -0.15) is 13.2 Å². The quantitative estimate of drug-likeness (QED) is 0.115. The van der Waals surface area contributed by atoms with E-state index in [1.165, 1.54) is 36.4 Å². The summed E-state index contributed by atoms with van der Waals surface area (Å²) in [5, 5.41) is -0.215. The molecule has 0 atom stereocenters. The lowest BCUT2D eigenvalue weighted by molar-refractivity contribution is -0.154. The number of benzene rings is 3. The van der Waals surface area contributed by atoms with Crippen molar-refractivity contribution in [3.8, 4) is 28.7 Å². The largest absolute Gasteiger partial charge is 0.490 e. The molecule has 1 aromatic heterocycles. The number of carbonyl (C=O) groups excluding carboxylic acids is 1. The average molecular weight is 575 g/mol. The topological polar surface area (TPSA) is 84.2 Å². The standard InChI is InChI=1S/C29H22ClF3O7/c1-3-36-22-13-9-17(15-24(22)37-4-2)10-14-25(34)38-18-11-12-19-23(16-18)40-28(29(31,32)33)27(26(19)35)39-21-8-6-5-7-20(21)30/h5-16H,3-4H2,1-2H3/b14-10+. The third-order valence-electron chi connectivity index (χ3n) is 5.33. The molecule has 3 aromatic carbocycles. The second kappa shape index (κ2) is 12.2. The van der Waals surface area contributed by atoms with E-state index in [0.717, 1.165) is 12.1 Å². The van der Waals surface area contributed by atoms with Crippen LogP contribution in [0, 0.1) is 0 Å². The normalized spacial score (nSPS) is 11.6. The molecule has 0 unspecified atom stereocenters. The molecule has 40 heavy (non-hydrogen) atoms. The summed E-state index contributed by atoms with van der Waals surface area (Å²) in [5.41, 5.74) is -0.910. The summed E-state index contributed by atoms with van der Waals surface area (Å²) in [7, 11) is 0. The van der Waals surface area contributed by atoms with E-state index in [4.69, 9.17) is 35.0 Å². The Bertz CT molecular complexity index is 1630. The van der Waals surface area contributed by atoms with Gasteiger partial charge in [-0.05, 0) is 61.9 Å². The van der Waals surface area contributed by atoms with Crippen LogP contribution in [-0.2, 0) is 11.0 Å². The molecule has 0 amide bonds. The third kappa shape index (κ3) is 6.58. The van der Waals surface area contributed by atoms with E-state index in [9.17, 15) is 22.8 Å². The fourth-order valence-corrected chi connectivity index (χ4v) is 3.80. The first-order valence-corrected chi connectivity index (χ1v) is 12.4. The van der Waals surface area contributed by atoms with Crippen molar-refractivity contribution in [2.24, 2.45) is 0 Å². The molecule has 0 aliphatic rings. The first kappa shape index (κ1) is 28.6. The first-order chi connectivity index (χ1) is 19.1. The van der Waals surface area contributed by atoms with E-state index in [0.29, 0.717) is 30.3 Å². The van der Waals surface area contributed by atoms with Crippen molar-refractivity contribution < 1.29 is 41.3 Å². The Balaban J connectivity index is 1.60. The van der Waals surface area contributed by atoms with Crippen LogP contribution >= 0.6 is 11.6 Å². The molecule has 0 fully saturated rings. The molecular formula is C29H22ClF3O7. The van der Waals surface area contributed by atoms with Gasteiger partial charge in [0.15, 0.2) is 11.5 Å². The molecule has 0 saturated heterocycles. The number of para-hydroxylation sites is 1. The zero-order valence-corrected chi connectivity index (χ0v) is 22.0. The number of fused-ring (bicyclic) bond motifs is 1. The molecule has 7 nitrogen and oxygen atoms in total. The van der Waals surface area contributed by atoms with E-state index in [1.807, 2.05) is 13.8 Å². The molecule has 0 aliphatic heterocycles. The molecular weight excluding hydrogens is 553 g/mol. The summed E-state index contributed by atoms with van der Waals surface area (Å²) < 4.78 is 68.0. The fourth-order valence-electron chi connectivity index (χ4n) is 3.62. The van der Waals surface area contributed by atoms with E-state index >= 15 is 0 Å². The summed E-state index contributed by atoms with van der Waals surface area (Å²) in [5.74, 6) is -2.78. The lowest BCUT2D eigenvalue weighted by Crippen LogP contribution is -2.15. The number of esters is 1. The number of halogens is 4. The van der Waals surface area contributed by atoms with Crippen LogP contribution in [0.25, 0.3) is 17.0 Å². The maximum atomic E-state index is 13.8. The van der Waals surface area contributed by atoms with Crippen molar-refractivity contribution in [1.29, 1.82) is 0 Å². The van der Waals surface area contributed by atoms with Gasteiger partial charge in [0.1, 0.15) is 17.1 Å². The van der Waals surface area contributed by atoms with Gasteiger partial charge in [0, 0.05) is 12.1 Å². The zero-order valence-electron chi connectivity index (χ0n) is 21.2. The number of ether oxygens (including phenoxy) is 4. The van der Waals surface area contributed by atoms with Gasteiger partial charge in [0.05, 0.1) is 23.6 Å². The minimum Gasteiger partial charge on any atom is -0.490 e. The van der Waals surface area contributed by atoms with E-state index in [-0.39, 0.29) is 21.9 Å². The predicted molar refractivity (Wildman–Crippen MR) is 142 cm³/mol. The molecule has 0 saturated carbocycles. The van der Waals surface area contributed by atoms with Crippen LogP contribution in [0.4, 0.5) is 13.2 Å². The molecule has 0 N–H and O–H groups in total. The van der Waals surface area contributed by atoms with Gasteiger partial charge in [-0.15, -0.1) is 0 Å². The second-order valence-corrected chi connectivity index (χ2v) is 8.51. The predicted octanol–water partition coefficient (Wildman–Crippen LogP) is 7.67. The van der Waals surface area contributed by atoms with Crippen LogP contribution in [0.3, 0.4) is 0 Å². The zero-order chi connectivity index (χ0) is 28.9. The van der Waals surface area contributed by atoms with Gasteiger partial charge in [-0.3, -0.25) is 4.79 Å². The van der Waals surface area contributed by atoms with Gasteiger partial charge in [-0.25, -0.2) is 4.79 Å². The molecule has 4 aromatic rings. The number of carbonyl (C=O) groups is 1. The van der Waals surface area contributed by atoms with E-state index in [2.05, 4.69) is 0 Å². The minimum absolute atomic E-state index is 0.00443. The summed E-state index contributed by atoms with van der Waals surface area (Å²) in [6, 6.07) is 14.3. The fraction of sp³-hybridized carbons (Fsp3) is 0.172. The number of alkyl halides is 3. The van der Waals surface area contributed by atoms with Gasteiger partial charge >= 0.3 is 12.1 Å². The highest BCUT2D eigenvalue weighted by Crippen LogP contribution is 2.40. The van der Waals surface area contributed by atoms with Gasteiger partial charge in [0.25, 0.3) is 5.76 Å². The first-order valence-electron chi connectivity index (χ1n) is 12.0. The maximum Gasteiger partial charge on any atom is 0.453 e. The number of hydrogen-bond donors (Lipinski definition) is 0. The molecule has 208 valence electrons. The van der Waals surface area contributed by atoms with Crippen LogP contribution in [0.2, 0.25) is 5.02 Å². The highest BCUT2D eigenvalue weighted by molar-refractivity contribution is 6.32. The van der Waals surface area contributed by atoms with E-state index < -0.39 is 34.7 Å².